The number of hydrogen-bond acceptors (Lipinski definition) is 6. The molecular formula is C13H10O6. The Balaban J connectivity index is 2.81. The summed E-state index contributed by atoms with van der Waals surface area (Å²) < 4.78 is 14.6. The van der Waals surface area contributed by atoms with Crippen LogP contribution in [0.1, 0.15) is 20.7 Å². The number of hydrogen-bond donors (Lipinski definition) is 0. The maximum Gasteiger partial charge on any atom is 0.351 e. The molecule has 2 aromatic rings. The van der Waals surface area contributed by atoms with E-state index in [2.05, 4.69) is 4.74 Å². The number of carbonyl (C=O) groups is 2. The third-order valence-electron chi connectivity index (χ3n) is 2.58. The van der Waals surface area contributed by atoms with Crippen molar-refractivity contribution in [2.45, 2.75) is 0 Å². The molecule has 0 unspecified atom stereocenters. The summed E-state index contributed by atoms with van der Waals surface area (Å²) in [6.07, 6.45) is 0.630. The molecule has 6 heteroatoms. The van der Waals surface area contributed by atoms with E-state index in [1.54, 1.807) is 0 Å². The summed E-state index contributed by atoms with van der Waals surface area (Å²) >= 11 is 0. The summed E-state index contributed by atoms with van der Waals surface area (Å²) in [7, 11) is 2.55. The summed E-state index contributed by atoms with van der Waals surface area (Å²) in [6, 6.07) is 4.23. The van der Waals surface area contributed by atoms with Crippen molar-refractivity contribution in [3.63, 3.8) is 0 Å². The second kappa shape index (κ2) is 4.93. The molecule has 19 heavy (non-hydrogen) atoms. The summed E-state index contributed by atoms with van der Waals surface area (Å²) in [6.45, 7) is 0. The predicted molar refractivity (Wildman–Crippen MR) is 65.8 cm³/mol. The van der Waals surface area contributed by atoms with Crippen molar-refractivity contribution >= 4 is 23.2 Å². The fourth-order valence-corrected chi connectivity index (χ4v) is 1.70. The molecule has 0 saturated carbocycles. The first-order valence-corrected chi connectivity index (χ1v) is 5.30. The molecule has 0 fully saturated rings. The molecule has 1 heterocycles. The minimum atomic E-state index is -0.823. The Morgan fingerprint density at radius 1 is 1.26 bits per heavy atom. The van der Waals surface area contributed by atoms with Crippen molar-refractivity contribution in [2.75, 3.05) is 14.2 Å². The van der Waals surface area contributed by atoms with Crippen LogP contribution in [0.4, 0.5) is 0 Å². The van der Waals surface area contributed by atoms with Crippen LogP contribution in [0, 0.1) is 0 Å². The van der Waals surface area contributed by atoms with Crippen LogP contribution in [0.15, 0.2) is 27.4 Å². The Kier molecular flexibility index (Phi) is 3.33. The van der Waals surface area contributed by atoms with Gasteiger partial charge in [-0.3, -0.25) is 4.79 Å². The van der Waals surface area contributed by atoms with Crippen molar-refractivity contribution in [1.29, 1.82) is 0 Å². The number of rotatable bonds is 3. The van der Waals surface area contributed by atoms with Crippen molar-refractivity contribution in [2.24, 2.45) is 0 Å². The number of esters is 1. The van der Waals surface area contributed by atoms with Gasteiger partial charge in [-0.25, -0.2) is 9.59 Å². The van der Waals surface area contributed by atoms with Gasteiger partial charge in [-0.2, -0.15) is 0 Å². The molecule has 0 amide bonds. The van der Waals surface area contributed by atoms with Crippen LogP contribution in [0.25, 0.3) is 11.0 Å². The Labute approximate surface area is 107 Å². The predicted octanol–water partition coefficient (Wildman–Crippen LogP) is 1.40. The van der Waals surface area contributed by atoms with Crippen LogP contribution in [0.5, 0.6) is 5.75 Å². The van der Waals surface area contributed by atoms with E-state index in [1.165, 1.54) is 25.3 Å². The molecular weight excluding hydrogens is 252 g/mol. The highest BCUT2D eigenvalue weighted by Crippen LogP contribution is 2.26. The first-order chi connectivity index (χ1) is 9.10. The van der Waals surface area contributed by atoms with E-state index in [0.717, 1.165) is 7.11 Å². The van der Waals surface area contributed by atoms with Gasteiger partial charge in [0.05, 0.1) is 14.2 Å². The molecule has 0 atom stereocenters. The van der Waals surface area contributed by atoms with E-state index < -0.39 is 11.6 Å². The molecule has 0 radical (unpaired) electrons. The normalized spacial score (nSPS) is 10.2. The van der Waals surface area contributed by atoms with Gasteiger partial charge in [-0.05, 0) is 18.2 Å². The lowest BCUT2D eigenvalue weighted by Crippen LogP contribution is -2.15. The van der Waals surface area contributed by atoms with E-state index in [-0.39, 0.29) is 16.9 Å². The quantitative estimate of drug-likeness (QED) is 0.472. The van der Waals surface area contributed by atoms with Crippen LogP contribution >= 0.6 is 0 Å². The molecule has 6 nitrogen and oxygen atoms in total. The zero-order valence-electron chi connectivity index (χ0n) is 10.3. The summed E-state index contributed by atoms with van der Waals surface area (Å²) in [5, 5.41) is 0.404. The summed E-state index contributed by atoms with van der Waals surface area (Å²) in [5.74, 6) is -0.556. The summed E-state index contributed by atoms with van der Waals surface area (Å²) in [4.78, 5) is 33.9. The Bertz CT molecular complexity index is 713. The standard InChI is InChI=1S/C13H10O6/c1-17-10-4-7(6-14)3-8-5-9(12(15)18-2)13(16)19-11(8)10/h3-6H,1-2H3. The highest BCUT2D eigenvalue weighted by molar-refractivity contribution is 5.96. The lowest BCUT2D eigenvalue weighted by Gasteiger charge is -2.06. The highest BCUT2D eigenvalue weighted by atomic mass is 16.5. The zero-order chi connectivity index (χ0) is 14.0. The molecule has 0 aliphatic heterocycles. The number of ether oxygens (including phenoxy) is 2. The SMILES string of the molecule is COC(=O)c1cc2cc(C=O)cc(OC)c2oc1=O. The maximum absolute atomic E-state index is 11.7. The second-order valence-electron chi connectivity index (χ2n) is 3.70. The first-order valence-electron chi connectivity index (χ1n) is 5.30. The van der Waals surface area contributed by atoms with Crippen LogP contribution < -0.4 is 10.4 Å². The Morgan fingerprint density at radius 2 is 2.00 bits per heavy atom. The second-order valence-corrected chi connectivity index (χ2v) is 3.70. The maximum atomic E-state index is 11.7. The van der Waals surface area contributed by atoms with Gasteiger partial charge in [0.25, 0.3) is 0 Å². The van der Waals surface area contributed by atoms with Gasteiger partial charge in [0.15, 0.2) is 11.3 Å². The van der Waals surface area contributed by atoms with Crippen LogP contribution in [-0.4, -0.2) is 26.5 Å². The molecule has 0 aliphatic rings. The lowest BCUT2D eigenvalue weighted by atomic mass is 10.1. The number of methoxy groups -OCH3 is 2. The van der Waals surface area contributed by atoms with Crippen molar-refractivity contribution < 1.29 is 23.5 Å². The molecule has 0 bridgehead atoms. The number of carbonyl (C=O) groups excluding carboxylic acids is 2. The monoisotopic (exact) mass is 262 g/mol. The largest absolute Gasteiger partial charge is 0.493 e. The number of benzene rings is 1. The van der Waals surface area contributed by atoms with Gasteiger partial charge in [0.2, 0.25) is 0 Å². The van der Waals surface area contributed by atoms with E-state index in [9.17, 15) is 14.4 Å². The van der Waals surface area contributed by atoms with Crippen LogP contribution in [0.2, 0.25) is 0 Å². The highest BCUT2D eigenvalue weighted by Gasteiger charge is 2.16. The third kappa shape index (κ3) is 2.20. The third-order valence-corrected chi connectivity index (χ3v) is 2.58. The van der Waals surface area contributed by atoms with Gasteiger partial charge in [-0.15, -0.1) is 0 Å². The van der Waals surface area contributed by atoms with Crippen molar-refractivity contribution in [1.82, 2.24) is 0 Å². The van der Waals surface area contributed by atoms with E-state index in [0.29, 0.717) is 17.2 Å². The Hall–Kier alpha value is -2.63. The average Bonchev–Trinajstić information content (AvgIpc) is 2.44. The smallest absolute Gasteiger partial charge is 0.351 e. The zero-order valence-corrected chi connectivity index (χ0v) is 10.3. The van der Waals surface area contributed by atoms with Gasteiger partial charge in [-0.1, -0.05) is 0 Å². The number of fused-ring (bicyclic) bond motifs is 1. The van der Waals surface area contributed by atoms with E-state index in [4.69, 9.17) is 9.15 Å². The first kappa shape index (κ1) is 12.8. The molecule has 0 aliphatic carbocycles. The van der Waals surface area contributed by atoms with Crippen LogP contribution in [0.3, 0.4) is 0 Å². The molecule has 0 spiro atoms. The fourth-order valence-electron chi connectivity index (χ4n) is 1.70. The number of aldehydes is 1. The average molecular weight is 262 g/mol. The Morgan fingerprint density at radius 3 is 2.58 bits per heavy atom. The minimum absolute atomic E-state index is 0.172. The lowest BCUT2D eigenvalue weighted by molar-refractivity contribution is 0.0596. The fraction of sp³-hybridized carbons (Fsp3) is 0.154. The van der Waals surface area contributed by atoms with Gasteiger partial charge >= 0.3 is 11.6 Å². The van der Waals surface area contributed by atoms with Gasteiger partial charge in [0, 0.05) is 10.9 Å². The van der Waals surface area contributed by atoms with Crippen LogP contribution in [-0.2, 0) is 4.74 Å². The molecule has 2 rings (SSSR count). The molecule has 1 aromatic heterocycles. The van der Waals surface area contributed by atoms with Crippen molar-refractivity contribution in [3.8, 4) is 5.75 Å². The minimum Gasteiger partial charge on any atom is -0.493 e. The van der Waals surface area contributed by atoms with Crippen molar-refractivity contribution in [3.05, 3.63) is 39.7 Å². The molecule has 0 N–H and O–H groups in total. The molecule has 98 valence electrons. The summed E-state index contributed by atoms with van der Waals surface area (Å²) in [5.41, 5.74) is -0.545. The topological polar surface area (TPSA) is 82.8 Å². The molecule has 1 aromatic carbocycles. The van der Waals surface area contributed by atoms with Gasteiger partial charge < -0.3 is 13.9 Å². The van der Waals surface area contributed by atoms with E-state index >= 15 is 0 Å². The molecule has 0 saturated heterocycles. The van der Waals surface area contributed by atoms with Gasteiger partial charge in [0.1, 0.15) is 11.8 Å². The van der Waals surface area contributed by atoms with E-state index in [1.807, 2.05) is 0 Å².